The number of allylic oxidation sites excluding steroid dienone is 1. The molecule has 4 aliphatic carbocycles. The Labute approximate surface area is 114 Å². The van der Waals surface area contributed by atoms with Crippen molar-refractivity contribution in [2.24, 2.45) is 23.2 Å². The third-order valence-corrected chi connectivity index (χ3v) is 5.15. The molecule has 0 aromatic carbocycles. The Morgan fingerprint density at radius 2 is 1.79 bits per heavy atom. The van der Waals surface area contributed by atoms with Gasteiger partial charge in [-0.2, -0.15) is 5.26 Å². The van der Waals surface area contributed by atoms with Gasteiger partial charge < -0.3 is 4.74 Å². The van der Waals surface area contributed by atoms with E-state index in [1.807, 2.05) is 12.1 Å². The number of carbonyl (C=O) groups is 1. The van der Waals surface area contributed by atoms with E-state index in [9.17, 15) is 10.1 Å². The summed E-state index contributed by atoms with van der Waals surface area (Å²) in [6.45, 7) is 2.11. The first-order valence-corrected chi connectivity index (χ1v) is 7.44. The molecule has 4 saturated carbocycles. The number of rotatable bonds is 3. The molecule has 0 aromatic heterocycles. The van der Waals surface area contributed by atoms with Crippen molar-refractivity contribution in [2.75, 3.05) is 6.61 Å². The highest BCUT2D eigenvalue weighted by Gasteiger charge is 2.50. The quantitative estimate of drug-likeness (QED) is 0.444. The number of nitrogens with zero attached hydrogens (tertiary/aromatic N) is 1. The lowest BCUT2D eigenvalue weighted by molar-refractivity contribution is -0.138. The molecule has 0 aromatic rings. The molecule has 0 N–H and O–H groups in total. The van der Waals surface area contributed by atoms with Crippen LogP contribution in [0.15, 0.2) is 11.6 Å². The van der Waals surface area contributed by atoms with Crippen molar-refractivity contribution in [1.82, 2.24) is 0 Å². The molecule has 0 atom stereocenters. The van der Waals surface area contributed by atoms with E-state index in [1.54, 1.807) is 6.92 Å². The van der Waals surface area contributed by atoms with Crippen LogP contribution < -0.4 is 0 Å². The summed E-state index contributed by atoms with van der Waals surface area (Å²) < 4.78 is 4.98. The van der Waals surface area contributed by atoms with E-state index in [1.165, 1.54) is 38.5 Å². The molecular formula is C16H21NO2. The lowest BCUT2D eigenvalue weighted by Gasteiger charge is -2.55. The van der Waals surface area contributed by atoms with Gasteiger partial charge in [-0.15, -0.1) is 0 Å². The van der Waals surface area contributed by atoms with Gasteiger partial charge >= 0.3 is 5.97 Å². The van der Waals surface area contributed by atoms with Crippen LogP contribution in [-0.2, 0) is 9.53 Å². The number of hydrogen-bond donors (Lipinski definition) is 0. The summed E-state index contributed by atoms with van der Waals surface area (Å²) in [5, 5.41) is 9.21. The lowest BCUT2D eigenvalue weighted by atomic mass is 9.49. The molecule has 4 bridgehead atoms. The molecule has 4 fully saturated rings. The summed E-state index contributed by atoms with van der Waals surface area (Å²) in [5.74, 6) is 2.03. The molecule has 0 amide bonds. The van der Waals surface area contributed by atoms with E-state index in [0.29, 0.717) is 6.61 Å². The maximum absolute atomic E-state index is 11.8. The molecule has 0 aliphatic heterocycles. The molecule has 4 rings (SSSR count). The van der Waals surface area contributed by atoms with E-state index in [4.69, 9.17) is 4.74 Å². The van der Waals surface area contributed by atoms with E-state index < -0.39 is 5.97 Å². The Balaban J connectivity index is 1.85. The van der Waals surface area contributed by atoms with Gasteiger partial charge in [0.2, 0.25) is 0 Å². The Kier molecular flexibility index (Phi) is 3.12. The van der Waals surface area contributed by atoms with Gasteiger partial charge in [0, 0.05) is 0 Å². The normalized spacial score (nSPS) is 40.0. The van der Waals surface area contributed by atoms with Crippen LogP contribution in [0.4, 0.5) is 0 Å². The highest BCUT2D eigenvalue weighted by Crippen LogP contribution is 2.60. The number of carbonyl (C=O) groups excluding carboxylic acids is 1. The van der Waals surface area contributed by atoms with Crippen molar-refractivity contribution in [3.05, 3.63) is 11.6 Å². The topological polar surface area (TPSA) is 50.1 Å². The zero-order valence-corrected chi connectivity index (χ0v) is 11.5. The molecule has 4 aliphatic rings. The molecule has 0 unspecified atom stereocenters. The summed E-state index contributed by atoms with van der Waals surface area (Å²) in [7, 11) is 0. The van der Waals surface area contributed by atoms with Crippen molar-refractivity contribution in [1.29, 1.82) is 5.26 Å². The SMILES string of the molecule is CCOC(=O)/C(C#N)=C/C12CC3CC(CC(C3)C1)C2. The molecule has 0 spiro atoms. The van der Waals surface area contributed by atoms with E-state index in [2.05, 4.69) is 0 Å². The van der Waals surface area contributed by atoms with Crippen LogP contribution >= 0.6 is 0 Å². The predicted molar refractivity (Wildman–Crippen MR) is 70.9 cm³/mol. The third-order valence-electron chi connectivity index (χ3n) is 5.15. The minimum atomic E-state index is -0.444. The van der Waals surface area contributed by atoms with Gasteiger partial charge in [0.1, 0.15) is 11.6 Å². The van der Waals surface area contributed by atoms with Crippen LogP contribution in [0, 0.1) is 34.5 Å². The lowest BCUT2D eigenvalue weighted by Crippen LogP contribution is -2.45. The first-order chi connectivity index (χ1) is 9.14. The van der Waals surface area contributed by atoms with Crippen molar-refractivity contribution in [3.8, 4) is 6.07 Å². The average Bonchev–Trinajstić information content (AvgIpc) is 2.34. The Morgan fingerprint density at radius 3 is 2.21 bits per heavy atom. The summed E-state index contributed by atoms with van der Waals surface area (Å²) in [6.07, 6.45) is 9.59. The van der Waals surface area contributed by atoms with Gasteiger partial charge in [0.25, 0.3) is 0 Å². The number of nitriles is 1. The minimum absolute atomic E-state index is 0.118. The molecule has 19 heavy (non-hydrogen) atoms. The Morgan fingerprint density at radius 1 is 1.26 bits per heavy atom. The van der Waals surface area contributed by atoms with Crippen LogP contribution in [-0.4, -0.2) is 12.6 Å². The van der Waals surface area contributed by atoms with Gasteiger partial charge in [-0.3, -0.25) is 0 Å². The Bertz CT molecular complexity index is 423. The fraction of sp³-hybridized carbons (Fsp3) is 0.750. The number of esters is 1. The predicted octanol–water partition coefficient (Wildman–Crippen LogP) is 3.22. The second-order valence-corrected chi connectivity index (χ2v) is 6.67. The van der Waals surface area contributed by atoms with Crippen molar-refractivity contribution < 1.29 is 9.53 Å². The van der Waals surface area contributed by atoms with Gasteiger partial charge in [-0.25, -0.2) is 4.79 Å². The van der Waals surface area contributed by atoms with Crippen molar-refractivity contribution in [2.45, 2.75) is 45.4 Å². The van der Waals surface area contributed by atoms with Gasteiger partial charge in [-0.1, -0.05) is 6.08 Å². The van der Waals surface area contributed by atoms with Crippen LogP contribution in [0.5, 0.6) is 0 Å². The third kappa shape index (κ3) is 2.29. The summed E-state index contributed by atoms with van der Waals surface area (Å²) in [4.78, 5) is 11.8. The molecule has 0 saturated heterocycles. The summed E-state index contributed by atoms with van der Waals surface area (Å²) >= 11 is 0. The van der Waals surface area contributed by atoms with E-state index in [0.717, 1.165) is 17.8 Å². The first kappa shape index (κ1) is 12.7. The zero-order valence-electron chi connectivity index (χ0n) is 11.5. The second-order valence-electron chi connectivity index (χ2n) is 6.67. The molecule has 3 heteroatoms. The fourth-order valence-electron chi connectivity index (χ4n) is 5.01. The van der Waals surface area contributed by atoms with Gasteiger partial charge in [0.15, 0.2) is 0 Å². The smallest absolute Gasteiger partial charge is 0.348 e. The van der Waals surface area contributed by atoms with E-state index in [-0.39, 0.29) is 11.0 Å². The van der Waals surface area contributed by atoms with Crippen LogP contribution in [0.2, 0.25) is 0 Å². The van der Waals surface area contributed by atoms with E-state index >= 15 is 0 Å². The summed E-state index contributed by atoms with van der Waals surface area (Å²) in [6, 6.07) is 2.05. The number of ether oxygens (including phenoxy) is 1. The largest absolute Gasteiger partial charge is 0.462 e. The van der Waals surface area contributed by atoms with Gasteiger partial charge in [-0.05, 0) is 68.6 Å². The molecule has 3 nitrogen and oxygen atoms in total. The van der Waals surface area contributed by atoms with Crippen molar-refractivity contribution >= 4 is 5.97 Å². The number of hydrogen-bond acceptors (Lipinski definition) is 3. The van der Waals surface area contributed by atoms with Gasteiger partial charge in [0.05, 0.1) is 6.61 Å². The second kappa shape index (κ2) is 4.67. The molecule has 0 heterocycles. The fourth-order valence-corrected chi connectivity index (χ4v) is 5.01. The monoisotopic (exact) mass is 259 g/mol. The van der Waals surface area contributed by atoms with Crippen LogP contribution in [0.3, 0.4) is 0 Å². The summed E-state index contributed by atoms with van der Waals surface area (Å²) in [5.41, 5.74) is 0.343. The van der Waals surface area contributed by atoms with Crippen molar-refractivity contribution in [3.63, 3.8) is 0 Å². The highest BCUT2D eigenvalue weighted by atomic mass is 16.5. The zero-order chi connectivity index (χ0) is 13.5. The Hall–Kier alpha value is -1.30. The standard InChI is InChI=1S/C16H21NO2/c1-2-19-15(18)14(10-17)9-16-6-11-3-12(7-16)5-13(4-11)8-16/h9,11-13H,2-8H2,1H3/b14-9+. The molecule has 0 radical (unpaired) electrons. The molecular weight excluding hydrogens is 238 g/mol. The van der Waals surface area contributed by atoms with Crippen LogP contribution in [0.1, 0.15) is 45.4 Å². The molecule has 102 valence electrons. The maximum Gasteiger partial charge on any atom is 0.348 e. The van der Waals surface area contributed by atoms with Crippen LogP contribution in [0.25, 0.3) is 0 Å². The highest BCUT2D eigenvalue weighted by molar-refractivity contribution is 5.92. The maximum atomic E-state index is 11.8. The average molecular weight is 259 g/mol. The minimum Gasteiger partial charge on any atom is -0.462 e. The first-order valence-electron chi connectivity index (χ1n) is 7.44.